The van der Waals surface area contributed by atoms with E-state index in [4.69, 9.17) is 4.74 Å². The predicted octanol–water partition coefficient (Wildman–Crippen LogP) is 5.02. The van der Waals surface area contributed by atoms with E-state index in [1.807, 2.05) is 73.0 Å². The minimum atomic E-state index is -0.666. The number of rotatable bonds is 4. The van der Waals surface area contributed by atoms with Gasteiger partial charge in [-0.1, -0.05) is 36.4 Å². The highest BCUT2D eigenvalue weighted by Crippen LogP contribution is 2.37. The summed E-state index contributed by atoms with van der Waals surface area (Å²) in [6.45, 7) is 3.53. The number of ether oxygens (including phenoxy) is 1. The second-order valence-electron chi connectivity index (χ2n) is 7.69. The van der Waals surface area contributed by atoms with Crippen molar-refractivity contribution in [1.29, 1.82) is 0 Å². The third kappa shape index (κ3) is 3.71. The van der Waals surface area contributed by atoms with Gasteiger partial charge in [-0.2, -0.15) is 0 Å². The molecule has 0 fully saturated rings. The molecule has 1 aromatic heterocycles. The van der Waals surface area contributed by atoms with E-state index in [0.717, 1.165) is 27.0 Å². The van der Waals surface area contributed by atoms with Crippen LogP contribution in [0.15, 0.2) is 66.0 Å². The molecule has 0 saturated heterocycles. The summed E-state index contributed by atoms with van der Waals surface area (Å²) in [6.07, 6.45) is -0.666. The van der Waals surface area contributed by atoms with Crippen LogP contribution in [0.5, 0.6) is 5.75 Å². The Hall–Kier alpha value is -3.71. The summed E-state index contributed by atoms with van der Waals surface area (Å²) in [5, 5.41) is 7.89. The quantitative estimate of drug-likeness (QED) is 0.481. The van der Waals surface area contributed by atoms with Gasteiger partial charge >= 0.3 is 0 Å². The molecular formula is C25H21N3O3S. The fourth-order valence-electron chi connectivity index (χ4n) is 3.89. The van der Waals surface area contributed by atoms with Crippen LogP contribution in [0.25, 0.3) is 22.0 Å². The Labute approximate surface area is 189 Å². The van der Waals surface area contributed by atoms with E-state index in [2.05, 4.69) is 10.3 Å². The zero-order chi connectivity index (χ0) is 22.2. The van der Waals surface area contributed by atoms with Gasteiger partial charge in [0.25, 0.3) is 5.91 Å². The number of carbonyl (C=O) groups excluding carboxylic acids is 2. The zero-order valence-electron chi connectivity index (χ0n) is 17.7. The summed E-state index contributed by atoms with van der Waals surface area (Å²) in [5.74, 6) is 0.0487. The van der Waals surface area contributed by atoms with Crippen molar-refractivity contribution in [3.05, 3.63) is 71.1 Å². The fourth-order valence-corrected chi connectivity index (χ4v) is 4.52. The molecule has 0 aliphatic carbocycles. The molecule has 5 rings (SSSR count). The average molecular weight is 444 g/mol. The van der Waals surface area contributed by atoms with E-state index in [9.17, 15) is 9.59 Å². The molecule has 2 amide bonds. The van der Waals surface area contributed by atoms with Gasteiger partial charge in [-0.3, -0.25) is 14.5 Å². The first-order valence-corrected chi connectivity index (χ1v) is 11.2. The zero-order valence-corrected chi connectivity index (χ0v) is 18.5. The van der Waals surface area contributed by atoms with E-state index in [1.165, 1.54) is 4.90 Å². The number of hydrogen-bond donors (Lipinski definition) is 1. The number of amides is 2. The number of fused-ring (bicyclic) bond motifs is 2. The van der Waals surface area contributed by atoms with Crippen molar-refractivity contribution in [2.45, 2.75) is 20.0 Å². The summed E-state index contributed by atoms with van der Waals surface area (Å²) in [5.41, 5.74) is 3.00. The topological polar surface area (TPSA) is 71.5 Å². The van der Waals surface area contributed by atoms with Gasteiger partial charge in [0, 0.05) is 22.0 Å². The van der Waals surface area contributed by atoms with Gasteiger partial charge in [-0.15, -0.1) is 11.3 Å². The molecule has 1 aliphatic heterocycles. The van der Waals surface area contributed by atoms with Crippen molar-refractivity contribution in [2.75, 3.05) is 16.8 Å². The molecule has 1 aliphatic rings. The van der Waals surface area contributed by atoms with Crippen molar-refractivity contribution in [2.24, 2.45) is 0 Å². The number of anilines is 2. The average Bonchev–Trinajstić information content (AvgIpc) is 3.23. The summed E-state index contributed by atoms with van der Waals surface area (Å²) in [6, 6.07) is 19.2. The molecule has 160 valence electrons. The smallest absolute Gasteiger partial charge is 0.268 e. The van der Waals surface area contributed by atoms with Crippen molar-refractivity contribution < 1.29 is 14.3 Å². The molecule has 2 heterocycles. The number of hydrogen-bond acceptors (Lipinski definition) is 5. The van der Waals surface area contributed by atoms with Crippen LogP contribution in [-0.4, -0.2) is 29.4 Å². The first-order valence-electron chi connectivity index (χ1n) is 10.3. The van der Waals surface area contributed by atoms with Crippen LogP contribution < -0.4 is 15.0 Å². The van der Waals surface area contributed by atoms with Gasteiger partial charge in [0.2, 0.25) is 5.91 Å². The number of aryl methyl sites for hydroxylation is 1. The van der Waals surface area contributed by atoms with Crippen LogP contribution in [-0.2, 0) is 9.59 Å². The Morgan fingerprint density at radius 3 is 2.78 bits per heavy atom. The van der Waals surface area contributed by atoms with Crippen LogP contribution in [0.2, 0.25) is 0 Å². The minimum absolute atomic E-state index is 0.109. The van der Waals surface area contributed by atoms with Gasteiger partial charge in [0.05, 0.1) is 16.4 Å². The Morgan fingerprint density at radius 2 is 1.97 bits per heavy atom. The van der Waals surface area contributed by atoms with Crippen LogP contribution in [0.4, 0.5) is 11.4 Å². The highest BCUT2D eigenvalue weighted by molar-refractivity contribution is 7.09. The van der Waals surface area contributed by atoms with Crippen molar-refractivity contribution in [3.8, 4) is 17.0 Å². The number of nitrogens with one attached hydrogen (secondary N) is 1. The monoisotopic (exact) mass is 443 g/mol. The molecule has 3 aromatic carbocycles. The lowest BCUT2D eigenvalue weighted by Crippen LogP contribution is -2.47. The van der Waals surface area contributed by atoms with Gasteiger partial charge in [-0.25, -0.2) is 4.98 Å². The Bertz CT molecular complexity index is 1340. The molecule has 7 heteroatoms. The Kier molecular flexibility index (Phi) is 5.11. The van der Waals surface area contributed by atoms with E-state index in [-0.39, 0.29) is 18.4 Å². The number of nitrogens with zero attached hydrogens (tertiary/aromatic N) is 2. The fraction of sp³-hybridized carbons (Fsp3) is 0.160. The second-order valence-corrected chi connectivity index (χ2v) is 8.76. The maximum atomic E-state index is 13.0. The summed E-state index contributed by atoms with van der Waals surface area (Å²) >= 11 is 1.56. The van der Waals surface area contributed by atoms with Crippen molar-refractivity contribution in [1.82, 2.24) is 4.98 Å². The normalized spacial score (nSPS) is 15.4. The summed E-state index contributed by atoms with van der Waals surface area (Å²) in [7, 11) is 0. The third-order valence-electron chi connectivity index (χ3n) is 5.45. The first-order chi connectivity index (χ1) is 15.5. The van der Waals surface area contributed by atoms with E-state index in [0.29, 0.717) is 17.1 Å². The van der Waals surface area contributed by atoms with E-state index >= 15 is 0 Å². The molecule has 1 N–H and O–H groups in total. The lowest BCUT2D eigenvalue weighted by atomic mass is 10.1. The maximum Gasteiger partial charge on any atom is 0.268 e. The largest absolute Gasteiger partial charge is 0.479 e. The van der Waals surface area contributed by atoms with Gasteiger partial charge in [0.1, 0.15) is 12.3 Å². The molecule has 32 heavy (non-hydrogen) atoms. The van der Waals surface area contributed by atoms with Gasteiger partial charge < -0.3 is 10.1 Å². The number of carbonyl (C=O) groups is 2. The molecule has 0 spiro atoms. The van der Waals surface area contributed by atoms with E-state index < -0.39 is 6.10 Å². The van der Waals surface area contributed by atoms with Gasteiger partial charge in [-0.05, 0) is 43.5 Å². The lowest BCUT2D eigenvalue weighted by molar-refractivity contribution is -0.127. The van der Waals surface area contributed by atoms with Crippen LogP contribution >= 0.6 is 11.3 Å². The second kappa shape index (κ2) is 8.09. The molecule has 1 unspecified atom stereocenters. The highest BCUT2D eigenvalue weighted by Gasteiger charge is 2.33. The van der Waals surface area contributed by atoms with Crippen LogP contribution in [0, 0.1) is 6.92 Å². The summed E-state index contributed by atoms with van der Waals surface area (Å²) in [4.78, 5) is 32.0. The molecule has 0 radical (unpaired) electrons. The predicted molar refractivity (Wildman–Crippen MR) is 127 cm³/mol. The first kappa shape index (κ1) is 20.2. The number of aromatic nitrogens is 1. The van der Waals surface area contributed by atoms with Crippen molar-refractivity contribution >= 4 is 45.3 Å². The van der Waals surface area contributed by atoms with E-state index in [1.54, 1.807) is 18.3 Å². The highest BCUT2D eigenvalue weighted by atomic mass is 32.1. The van der Waals surface area contributed by atoms with Gasteiger partial charge in [0.15, 0.2) is 6.10 Å². The molecular weight excluding hydrogens is 422 g/mol. The minimum Gasteiger partial charge on any atom is -0.479 e. The molecule has 0 saturated carbocycles. The number of thiazole rings is 1. The molecule has 6 nitrogen and oxygen atoms in total. The molecule has 1 atom stereocenters. The van der Waals surface area contributed by atoms with Crippen LogP contribution in [0.3, 0.4) is 0 Å². The molecule has 4 aromatic rings. The Balaban J connectivity index is 1.45. The standard InChI is InChI=1S/C25H21N3O3S/c1-15-25(30)28(13-24(29)27-20-9-5-7-17-6-3-4-8-19(17)20)22-12-18(10-11-23(22)31-15)21-14-32-16(2)26-21/h3-12,14-15H,13H2,1-2H3,(H,27,29). The summed E-state index contributed by atoms with van der Waals surface area (Å²) < 4.78 is 5.79. The molecule has 0 bridgehead atoms. The van der Waals surface area contributed by atoms with Crippen molar-refractivity contribution in [3.63, 3.8) is 0 Å². The van der Waals surface area contributed by atoms with Crippen LogP contribution in [0.1, 0.15) is 11.9 Å². The Morgan fingerprint density at radius 1 is 1.16 bits per heavy atom. The lowest BCUT2D eigenvalue weighted by Gasteiger charge is -2.33. The maximum absolute atomic E-state index is 13.0. The third-order valence-corrected chi connectivity index (χ3v) is 6.22. The SMILES string of the molecule is Cc1nc(-c2ccc3c(c2)N(CC(=O)Nc2cccc4ccccc24)C(=O)C(C)O3)cs1. The number of benzene rings is 3.